The lowest BCUT2D eigenvalue weighted by Gasteiger charge is -2.27. The molecule has 2 aromatic carbocycles. The lowest BCUT2D eigenvalue weighted by molar-refractivity contribution is 0.121. The Balaban J connectivity index is 1.48. The normalized spacial score (nSPS) is 19.7. The van der Waals surface area contributed by atoms with Crippen molar-refractivity contribution in [1.82, 2.24) is 9.97 Å². The van der Waals surface area contributed by atoms with Crippen LogP contribution in [0.4, 0.5) is 4.79 Å². The summed E-state index contributed by atoms with van der Waals surface area (Å²) in [7, 11) is 0. The fourth-order valence-corrected chi connectivity index (χ4v) is 3.87. The molecule has 1 saturated carbocycles. The van der Waals surface area contributed by atoms with Gasteiger partial charge in [-0.1, -0.05) is 36.4 Å². The van der Waals surface area contributed by atoms with Gasteiger partial charge in [0.25, 0.3) is 0 Å². The van der Waals surface area contributed by atoms with Crippen LogP contribution < -0.4 is 5.73 Å². The molecule has 3 aromatic rings. The van der Waals surface area contributed by atoms with Crippen LogP contribution >= 0.6 is 0 Å². The number of fused-ring (bicyclic) bond motifs is 1. The van der Waals surface area contributed by atoms with Gasteiger partial charge in [-0.25, -0.2) is 14.8 Å². The molecule has 1 aromatic heterocycles. The number of hydrogen-bond acceptors (Lipinski definition) is 4. The van der Waals surface area contributed by atoms with Gasteiger partial charge in [0.2, 0.25) is 0 Å². The highest BCUT2D eigenvalue weighted by atomic mass is 16.5. The summed E-state index contributed by atoms with van der Waals surface area (Å²) in [6.45, 7) is 0.417. The SMILES string of the molecule is NC(=O)OCC1CCC(c2nccc(-c3ccc4ccccc4c3)n2)CC1. The van der Waals surface area contributed by atoms with Crippen LogP contribution in [0, 0.1) is 5.92 Å². The lowest BCUT2D eigenvalue weighted by atomic mass is 9.82. The third-order valence-corrected chi connectivity index (χ3v) is 5.39. The number of ether oxygens (including phenoxy) is 1. The van der Waals surface area contributed by atoms with E-state index in [0.29, 0.717) is 18.4 Å². The van der Waals surface area contributed by atoms with E-state index in [-0.39, 0.29) is 0 Å². The molecule has 0 saturated heterocycles. The van der Waals surface area contributed by atoms with Crippen LogP contribution in [0.3, 0.4) is 0 Å². The fraction of sp³-hybridized carbons (Fsp3) is 0.318. The van der Waals surface area contributed by atoms with Crippen LogP contribution in [-0.4, -0.2) is 22.7 Å². The Morgan fingerprint density at radius 3 is 2.59 bits per heavy atom. The summed E-state index contributed by atoms with van der Waals surface area (Å²) in [5.41, 5.74) is 7.13. The van der Waals surface area contributed by atoms with Crippen molar-refractivity contribution in [3.8, 4) is 11.3 Å². The summed E-state index contributed by atoms with van der Waals surface area (Å²) in [5.74, 6) is 1.66. The number of nitrogens with two attached hydrogens (primary N) is 1. The van der Waals surface area contributed by atoms with E-state index in [2.05, 4.69) is 47.4 Å². The summed E-state index contributed by atoms with van der Waals surface area (Å²) in [6, 6.07) is 16.7. The zero-order chi connectivity index (χ0) is 18.6. The Kier molecular flexibility index (Phi) is 5.01. The molecule has 0 atom stereocenters. The molecule has 5 nitrogen and oxygen atoms in total. The molecule has 0 unspecified atom stereocenters. The van der Waals surface area contributed by atoms with Crippen LogP contribution in [-0.2, 0) is 4.74 Å². The molecule has 1 heterocycles. The molecule has 27 heavy (non-hydrogen) atoms. The molecule has 1 aliphatic rings. The van der Waals surface area contributed by atoms with Crippen molar-refractivity contribution in [3.63, 3.8) is 0 Å². The van der Waals surface area contributed by atoms with Gasteiger partial charge in [-0.15, -0.1) is 0 Å². The highest BCUT2D eigenvalue weighted by molar-refractivity contribution is 5.86. The molecule has 138 valence electrons. The van der Waals surface area contributed by atoms with Crippen molar-refractivity contribution in [2.75, 3.05) is 6.61 Å². The maximum absolute atomic E-state index is 10.8. The van der Waals surface area contributed by atoms with Crippen molar-refractivity contribution in [2.45, 2.75) is 31.6 Å². The van der Waals surface area contributed by atoms with Gasteiger partial charge in [0, 0.05) is 17.7 Å². The molecule has 0 spiro atoms. The molecule has 4 rings (SSSR count). The van der Waals surface area contributed by atoms with Gasteiger partial charge >= 0.3 is 6.09 Å². The minimum absolute atomic E-state index is 0.357. The quantitative estimate of drug-likeness (QED) is 0.733. The molecule has 0 radical (unpaired) electrons. The Morgan fingerprint density at radius 2 is 1.81 bits per heavy atom. The zero-order valence-electron chi connectivity index (χ0n) is 15.2. The minimum Gasteiger partial charge on any atom is -0.449 e. The van der Waals surface area contributed by atoms with Crippen LogP contribution in [0.2, 0.25) is 0 Å². The second-order valence-corrected chi connectivity index (χ2v) is 7.21. The molecule has 0 aliphatic heterocycles. The first-order valence-corrected chi connectivity index (χ1v) is 9.43. The molecule has 2 N–H and O–H groups in total. The molecule has 5 heteroatoms. The van der Waals surface area contributed by atoms with Gasteiger partial charge in [0.05, 0.1) is 12.3 Å². The number of carbonyl (C=O) groups is 1. The number of primary amides is 1. The summed E-state index contributed by atoms with van der Waals surface area (Å²) < 4.78 is 4.94. The van der Waals surface area contributed by atoms with Gasteiger partial charge in [-0.3, -0.25) is 0 Å². The average molecular weight is 361 g/mol. The van der Waals surface area contributed by atoms with Gasteiger partial charge < -0.3 is 10.5 Å². The van der Waals surface area contributed by atoms with E-state index in [1.54, 1.807) is 0 Å². The van der Waals surface area contributed by atoms with E-state index < -0.39 is 6.09 Å². The van der Waals surface area contributed by atoms with Crippen LogP contribution in [0.1, 0.15) is 37.4 Å². The Hall–Kier alpha value is -2.95. The molecule has 1 amide bonds. The standard InChI is InChI=1S/C22H23N3O2/c23-22(26)27-14-15-5-7-17(8-6-15)21-24-12-11-20(25-21)19-10-9-16-3-1-2-4-18(16)13-19/h1-4,9-13,15,17H,5-8,14H2,(H2,23,26). The molecule has 1 aliphatic carbocycles. The number of aromatic nitrogens is 2. The maximum atomic E-state index is 10.8. The number of hydrogen-bond donors (Lipinski definition) is 1. The lowest BCUT2D eigenvalue weighted by Crippen LogP contribution is -2.23. The van der Waals surface area contributed by atoms with Gasteiger partial charge in [-0.2, -0.15) is 0 Å². The topological polar surface area (TPSA) is 78.1 Å². The van der Waals surface area contributed by atoms with Crippen molar-refractivity contribution in [2.24, 2.45) is 11.7 Å². The van der Waals surface area contributed by atoms with Crippen molar-refractivity contribution in [1.29, 1.82) is 0 Å². The van der Waals surface area contributed by atoms with Crippen LogP contribution in [0.25, 0.3) is 22.0 Å². The van der Waals surface area contributed by atoms with Gasteiger partial charge in [0.1, 0.15) is 5.82 Å². The molecular formula is C22H23N3O2. The third-order valence-electron chi connectivity index (χ3n) is 5.39. The van der Waals surface area contributed by atoms with E-state index in [0.717, 1.165) is 42.8 Å². The summed E-state index contributed by atoms with van der Waals surface area (Å²) in [4.78, 5) is 20.2. The third kappa shape index (κ3) is 4.08. The number of nitrogens with zero attached hydrogens (tertiary/aromatic N) is 2. The number of carbonyl (C=O) groups excluding carboxylic acids is 1. The maximum Gasteiger partial charge on any atom is 0.404 e. The largest absolute Gasteiger partial charge is 0.449 e. The predicted molar refractivity (Wildman–Crippen MR) is 105 cm³/mol. The smallest absolute Gasteiger partial charge is 0.404 e. The monoisotopic (exact) mass is 361 g/mol. The number of rotatable bonds is 4. The van der Waals surface area contributed by atoms with Crippen molar-refractivity contribution < 1.29 is 9.53 Å². The first-order chi connectivity index (χ1) is 13.2. The Morgan fingerprint density at radius 1 is 1.04 bits per heavy atom. The zero-order valence-corrected chi connectivity index (χ0v) is 15.2. The molecule has 0 bridgehead atoms. The molecular weight excluding hydrogens is 338 g/mol. The number of amides is 1. The highest BCUT2D eigenvalue weighted by Crippen LogP contribution is 2.35. The van der Waals surface area contributed by atoms with Crippen LogP contribution in [0.15, 0.2) is 54.7 Å². The predicted octanol–water partition coefficient (Wildman–Crippen LogP) is 4.67. The summed E-state index contributed by atoms with van der Waals surface area (Å²) in [6.07, 6.45) is 5.18. The second-order valence-electron chi connectivity index (χ2n) is 7.21. The van der Waals surface area contributed by atoms with Crippen molar-refractivity contribution in [3.05, 3.63) is 60.6 Å². The first kappa shape index (κ1) is 17.5. The fourth-order valence-electron chi connectivity index (χ4n) is 3.87. The summed E-state index contributed by atoms with van der Waals surface area (Å²) >= 11 is 0. The van der Waals surface area contributed by atoms with Crippen molar-refractivity contribution >= 4 is 16.9 Å². The number of benzene rings is 2. The van der Waals surface area contributed by atoms with E-state index in [9.17, 15) is 4.79 Å². The summed E-state index contributed by atoms with van der Waals surface area (Å²) in [5, 5.41) is 2.44. The highest BCUT2D eigenvalue weighted by Gasteiger charge is 2.25. The van der Waals surface area contributed by atoms with E-state index in [1.165, 1.54) is 10.8 Å². The van der Waals surface area contributed by atoms with E-state index in [4.69, 9.17) is 15.5 Å². The van der Waals surface area contributed by atoms with E-state index in [1.807, 2.05) is 12.3 Å². The molecule has 1 fully saturated rings. The Labute approximate surface area is 158 Å². The van der Waals surface area contributed by atoms with Crippen LogP contribution in [0.5, 0.6) is 0 Å². The minimum atomic E-state index is -0.691. The average Bonchev–Trinajstić information content (AvgIpc) is 2.72. The van der Waals surface area contributed by atoms with Gasteiger partial charge in [-0.05, 0) is 54.5 Å². The van der Waals surface area contributed by atoms with E-state index >= 15 is 0 Å². The Bertz CT molecular complexity index is 949. The van der Waals surface area contributed by atoms with Gasteiger partial charge in [0.15, 0.2) is 0 Å². The first-order valence-electron chi connectivity index (χ1n) is 9.43. The second kappa shape index (κ2) is 7.74.